The van der Waals surface area contributed by atoms with E-state index in [0.29, 0.717) is 12.1 Å². The van der Waals surface area contributed by atoms with Crippen molar-refractivity contribution in [3.05, 3.63) is 65.7 Å². The van der Waals surface area contributed by atoms with Crippen LogP contribution in [0, 0.1) is 0 Å². The number of aliphatic hydroxyl groups is 2. The van der Waals surface area contributed by atoms with Crippen molar-refractivity contribution >= 4 is 23.8 Å². The highest BCUT2D eigenvalue weighted by atomic mass is 32.2. The maximum Gasteiger partial charge on any atom is 0.251 e. The molecule has 2 aromatic rings. The summed E-state index contributed by atoms with van der Waals surface area (Å²) >= 11 is 1.69. The first kappa shape index (κ1) is 23.3. The largest absolute Gasteiger partial charge is 0.390 e. The molecule has 0 bridgehead atoms. The van der Waals surface area contributed by atoms with Gasteiger partial charge in [-0.05, 0) is 54.6 Å². The fourth-order valence-corrected chi connectivity index (χ4v) is 4.22. The van der Waals surface area contributed by atoms with Crippen LogP contribution in [0.3, 0.4) is 0 Å². The molecule has 1 aliphatic heterocycles. The van der Waals surface area contributed by atoms with E-state index in [1.807, 2.05) is 42.5 Å². The van der Waals surface area contributed by atoms with Crippen LogP contribution in [0.15, 0.2) is 59.5 Å². The molecule has 1 saturated heterocycles. The molecule has 8 heteroatoms. The third-order valence-electron chi connectivity index (χ3n) is 5.06. The molecule has 31 heavy (non-hydrogen) atoms. The first-order valence-corrected chi connectivity index (χ1v) is 11.3. The van der Waals surface area contributed by atoms with E-state index >= 15 is 0 Å². The number of benzene rings is 2. The van der Waals surface area contributed by atoms with Crippen LogP contribution < -0.4 is 10.6 Å². The Morgan fingerprint density at radius 1 is 0.935 bits per heavy atom. The minimum atomic E-state index is -1.27. The molecule has 7 nitrogen and oxygen atoms in total. The van der Waals surface area contributed by atoms with Crippen LogP contribution in [0.4, 0.5) is 0 Å². The van der Waals surface area contributed by atoms with Gasteiger partial charge in [-0.25, -0.2) is 4.31 Å². The number of aliphatic hydroxyl groups excluding tert-OH is 2. The van der Waals surface area contributed by atoms with Crippen LogP contribution in [0.1, 0.15) is 35.2 Å². The Kier molecular flexibility index (Phi) is 8.90. The molecule has 1 aliphatic rings. The van der Waals surface area contributed by atoms with E-state index in [2.05, 4.69) is 14.9 Å². The van der Waals surface area contributed by atoms with Crippen molar-refractivity contribution in [3.63, 3.8) is 0 Å². The number of carbonyl (C=O) groups is 2. The summed E-state index contributed by atoms with van der Waals surface area (Å²) < 4.78 is 2.31. The summed E-state index contributed by atoms with van der Waals surface area (Å²) in [5.41, 5.74) is 1.43. The lowest BCUT2D eigenvalue weighted by Gasteiger charge is -2.18. The third kappa shape index (κ3) is 7.66. The highest BCUT2D eigenvalue weighted by Crippen LogP contribution is 2.26. The average Bonchev–Trinajstić information content (AvgIpc) is 3.30. The summed E-state index contributed by atoms with van der Waals surface area (Å²) in [6, 6.07) is 16.7. The summed E-state index contributed by atoms with van der Waals surface area (Å²) in [6.45, 7) is 2.37. The second-order valence-corrected chi connectivity index (χ2v) is 8.73. The smallest absolute Gasteiger partial charge is 0.251 e. The summed E-state index contributed by atoms with van der Waals surface area (Å²) in [5, 5.41) is 25.5. The maximum absolute atomic E-state index is 12.3. The van der Waals surface area contributed by atoms with Gasteiger partial charge in [-0.1, -0.05) is 30.3 Å². The van der Waals surface area contributed by atoms with Gasteiger partial charge in [0.1, 0.15) is 0 Å². The number of nitrogens with one attached hydrogen (secondary N) is 2. The Morgan fingerprint density at radius 3 is 2.29 bits per heavy atom. The lowest BCUT2D eigenvalue weighted by atomic mass is 10.1. The Labute approximate surface area is 187 Å². The molecule has 0 saturated carbocycles. The number of amides is 2. The van der Waals surface area contributed by atoms with E-state index in [1.54, 1.807) is 24.1 Å². The van der Waals surface area contributed by atoms with Gasteiger partial charge in [0.25, 0.3) is 5.91 Å². The Morgan fingerprint density at radius 2 is 1.61 bits per heavy atom. The van der Waals surface area contributed by atoms with E-state index in [9.17, 15) is 19.8 Å². The molecule has 0 aliphatic carbocycles. The van der Waals surface area contributed by atoms with E-state index < -0.39 is 12.2 Å². The molecule has 2 unspecified atom stereocenters. The van der Waals surface area contributed by atoms with Crippen LogP contribution in [0.2, 0.25) is 0 Å². The summed E-state index contributed by atoms with van der Waals surface area (Å²) in [5.74, 6) is -0.703. The number of carbonyl (C=O) groups excluding carboxylic acids is 2. The van der Waals surface area contributed by atoms with Crippen LogP contribution in [-0.4, -0.2) is 58.2 Å². The molecular weight excluding hydrogens is 414 g/mol. The van der Waals surface area contributed by atoms with Gasteiger partial charge in [-0.2, -0.15) is 0 Å². The zero-order chi connectivity index (χ0) is 22.1. The average molecular weight is 444 g/mol. The van der Waals surface area contributed by atoms with Crippen molar-refractivity contribution in [2.45, 2.75) is 42.9 Å². The van der Waals surface area contributed by atoms with Gasteiger partial charge in [0, 0.05) is 36.6 Å². The van der Waals surface area contributed by atoms with Crippen LogP contribution in [0.5, 0.6) is 0 Å². The SMILES string of the molecule is O=C(CC(O)C(O)CNC(=O)c1ccc(SN2CCCC2)cc1)NCc1ccccc1. The van der Waals surface area contributed by atoms with Gasteiger partial charge in [0.2, 0.25) is 5.91 Å². The molecule has 2 aromatic carbocycles. The van der Waals surface area contributed by atoms with Gasteiger partial charge in [0.15, 0.2) is 0 Å². The van der Waals surface area contributed by atoms with Crippen molar-refractivity contribution < 1.29 is 19.8 Å². The lowest BCUT2D eigenvalue weighted by Crippen LogP contribution is -2.41. The summed E-state index contributed by atoms with van der Waals surface area (Å²) in [7, 11) is 0. The van der Waals surface area contributed by atoms with E-state index in [0.717, 1.165) is 23.5 Å². The Bertz CT molecular complexity index is 842. The maximum atomic E-state index is 12.3. The van der Waals surface area contributed by atoms with E-state index in [-0.39, 0.29) is 24.8 Å². The molecule has 2 amide bonds. The van der Waals surface area contributed by atoms with Crippen molar-refractivity contribution in [3.8, 4) is 0 Å². The van der Waals surface area contributed by atoms with Gasteiger partial charge < -0.3 is 20.8 Å². The molecule has 1 heterocycles. The molecule has 3 rings (SSSR count). The highest BCUT2D eigenvalue weighted by molar-refractivity contribution is 7.97. The molecule has 2 atom stereocenters. The fraction of sp³-hybridized carbons (Fsp3) is 0.391. The highest BCUT2D eigenvalue weighted by Gasteiger charge is 2.21. The molecule has 166 valence electrons. The van der Waals surface area contributed by atoms with Crippen molar-refractivity contribution in [1.82, 2.24) is 14.9 Å². The minimum absolute atomic E-state index is 0.143. The number of hydrogen-bond acceptors (Lipinski definition) is 6. The quantitative estimate of drug-likeness (QED) is 0.419. The topological polar surface area (TPSA) is 102 Å². The van der Waals surface area contributed by atoms with Gasteiger partial charge in [0.05, 0.1) is 18.6 Å². The zero-order valence-electron chi connectivity index (χ0n) is 17.4. The molecule has 1 fully saturated rings. The lowest BCUT2D eigenvalue weighted by molar-refractivity contribution is -0.124. The zero-order valence-corrected chi connectivity index (χ0v) is 18.2. The van der Waals surface area contributed by atoms with Crippen molar-refractivity contribution in [2.24, 2.45) is 0 Å². The second kappa shape index (κ2) is 11.9. The molecular formula is C23H29N3O4S. The number of hydrogen-bond donors (Lipinski definition) is 4. The third-order valence-corrected chi connectivity index (χ3v) is 6.17. The van der Waals surface area contributed by atoms with Crippen LogP contribution in [-0.2, 0) is 11.3 Å². The van der Waals surface area contributed by atoms with Crippen LogP contribution in [0.25, 0.3) is 0 Å². The number of rotatable bonds is 10. The fourth-order valence-electron chi connectivity index (χ4n) is 3.23. The molecule has 0 radical (unpaired) electrons. The Hall–Kier alpha value is -2.39. The first-order valence-electron chi connectivity index (χ1n) is 10.5. The van der Waals surface area contributed by atoms with Gasteiger partial charge in [-0.3, -0.25) is 9.59 Å². The monoisotopic (exact) mass is 443 g/mol. The standard InChI is InChI=1S/C23H29N3O4S/c27-20(14-22(29)24-15-17-6-2-1-3-7-17)21(28)16-25-23(30)18-8-10-19(11-9-18)31-26-12-4-5-13-26/h1-3,6-11,20-21,27-28H,4-5,12-16H2,(H,24,29)(H,25,30). The van der Waals surface area contributed by atoms with Gasteiger partial charge in [-0.15, -0.1) is 0 Å². The van der Waals surface area contributed by atoms with Gasteiger partial charge >= 0.3 is 0 Å². The summed E-state index contributed by atoms with van der Waals surface area (Å²) in [6.07, 6.45) is -0.314. The second-order valence-electron chi connectivity index (χ2n) is 7.56. The number of nitrogens with zero attached hydrogens (tertiary/aromatic N) is 1. The predicted molar refractivity (Wildman–Crippen MR) is 120 cm³/mol. The molecule has 4 N–H and O–H groups in total. The van der Waals surface area contributed by atoms with E-state index in [4.69, 9.17) is 0 Å². The van der Waals surface area contributed by atoms with Crippen molar-refractivity contribution in [2.75, 3.05) is 19.6 Å². The Balaban J connectivity index is 1.37. The first-order chi connectivity index (χ1) is 15.0. The minimum Gasteiger partial charge on any atom is -0.390 e. The summed E-state index contributed by atoms with van der Waals surface area (Å²) in [4.78, 5) is 25.4. The van der Waals surface area contributed by atoms with Crippen molar-refractivity contribution in [1.29, 1.82) is 0 Å². The van der Waals surface area contributed by atoms with E-state index in [1.165, 1.54) is 12.8 Å². The predicted octanol–water partition coefficient (Wildman–Crippen LogP) is 1.95. The van der Waals surface area contributed by atoms with Crippen LogP contribution >= 0.6 is 11.9 Å². The normalized spacial score (nSPS) is 15.9. The molecule has 0 spiro atoms. The molecule has 0 aromatic heterocycles.